The number of nitrogens with zero attached hydrogens (tertiary/aromatic N) is 1. The molecule has 0 fully saturated rings. The van der Waals surface area contributed by atoms with Crippen LogP contribution in [0.5, 0.6) is 0 Å². The van der Waals surface area contributed by atoms with Gasteiger partial charge in [-0.1, -0.05) is 140 Å². The summed E-state index contributed by atoms with van der Waals surface area (Å²) >= 11 is 0. The van der Waals surface area contributed by atoms with Crippen molar-refractivity contribution in [1.82, 2.24) is 5.32 Å². The molecule has 1 amide bonds. The first-order chi connectivity index (χ1) is 24.0. The Bertz CT molecular complexity index is 959. The summed E-state index contributed by atoms with van der Waals surface area (Å²) in [6, 6.07) is -0.902. The van der Waals surface area contributed by atoms with Gasteiger partial charge in [-0.05, 0) is 57.8 Å². The molecule has 0 aliphatic heterocycles. The molecule has 0 heterocycles. The van der Waals surface area contributed by atoms with Crippen molar-refractivity contribution in [3.63, 3.8) is 0 Å². The molecule has 0 aliphatic rings. The Hall–Kier alpha value is -1.54. The quantitative estimate of drug-likeness (QED) is 0.0222. The topological polar surface area (TPSA) is 108 Å². The van der Waals surface area contributed by atoms with E-state index in [2.05, 4.69) is 55.6 Å². The number of carbonyl (C=O) groups is 1. The summed E-state index contributed by atoms with van der Waals surface area (Å²) in [6.07, 6.45) is 40.2. The lowest BCUT2D eigenvalue weighted by Gasteiger charge is -2.29. The minimum absolute atomic E-state index is 0.00882. The highest BCUT2D eigenvalue weighted by molar-refractivity contribution is 7.45. The highest BCUT2D eigenvalue weighted by Crippen LogP contribution is 2.38. The zero-order chi connectivity index (χ0) is 37.2. The second kappa shape index (κ2) is 33.3. The van der Waals surface area contributed by atoms with E-state index < -0.39 is 26.6 Å². The standard InChI is InChI=1S/C41H77N2O6P/c1-6-8-10-12-14-16-17-18-19-20-21-22-23-24-25-27-29-31-33-35-41(45)42-39(38-49-50(46,47)48-37-36-43(3,4)5)40(44)34-32-30-28-26-15-13-11-9-7-2/h14-18,26,32,34,39-40,44H,6-13,19-25,27-31,33,35-38H2,1-5H3,(H-,42,45,46,47)/b16-14-,18-17-,26-15+,34-32+. The molecular formula is C41H77N2O6P. The molecule has 3 atom stereocenters. The fourth-order valence-electron chi connectivity index (χ4n) is 5.27. The van der Waals surface area contributed by atoms with Crippen molar-refractivity contribution < 1.29 is 32.9 Å². The Labute approximate surface area is 308 Å². The van der Waals surface area contributed by atoms with E-state index in [4.69, 9.17) is 9.05 Å². The molecule has 8 nitrogen and oxygen atoms in total. The Morgan fingerprint density at radius 3 is 1.74 bits per heavy atom. The number of phosphoric acid groups is 1. The van der Waals surface area contributed by atoms with Crippen LogP contribution >= 0.6 is 7.82 Å². The first kappa shape index (κ1) is 48.5. The van der Waals surface area contributed by atoms with Crippen molar-refractivity contribution in [2.24, 2.45) is 0 Å². The first-order valence-corrected chi connectivity index (χ1v) is 21.5. The second-order valence-electron chi connectivity index (χ2n) is 14.7. The molecule has 50 heavy (non-hydrogen) atoms. The molecule has 0 spiro atoms. The van der Waals surface area contributed by atoms with Gasteiger partial charge in [0.05, 0.1) is 39.9 Å². The van der Waals surface area contributed by atoms with Gasteiger partial charge in [0.15, 0.2) is 0 Å². The average molecular weight is 725 g/mol. The van der Waals surface area contributed by atoms with Gasteiger partial charge in [-0.25, -0.2) is 0 Å². The Kier molecular flexibility index (Phi) is 32.3. The molecule has 9 heteroatoms. The number of phosphoric ester groups is 1. The lowest BCUT2D eigenvalue weighted by atomic mass is 10.0. The van der Waals surface area contributed by atoms with E-state index in [-0.39, 0.29) is 12.5 Å². The maximum atomic E-state index is 12.8. The summed E-state index contributed by atoms with van der Waals surface area (Å²) in [7, 11) is 1.23. The number of hydrogen-bond donors (Lipinski definition) is 2. The molecule has 0 radical (unpaired) electrons. The summed E-state index contributed by atoms with van der Waals surface area (Å²) in [5.41, 5.74) is 0. The number of nitrogens with one attached hydrogen (secondary N) is 1. The fraction of sp³-hybridized carbons (Fsp3) is 0.780. The highest BCUT2D eigenvalue weighted by Gasteiger charge is 2.23. The normalized spacial score (nSPS) is 15.1. The van der Waals surface area contributed by atoms with Crippen LogP contribution in [0.2, 0.25) is 0 Å². The molecule has 0 aromatic heterocycles. The number of likely N-dealkylation sites (N-methyl/N-ethyl adjacent to an activating group) is 1. The number of aliphatic hydroxyl groups is 1. The van der Waals surface area contributed by atoms with Crippen molar-refractivity contribution in [2.75, 3.05) is 40.9 Å². The smallest absolute Gasteiger partial charge is 0.268 e. The van der Waals surface area contributed by atoms with Crippen LogP contribution in [-0.2, 0) is 18.4 Å². The van der Waals surface area contributed by atoms with E-state index in [1.165, 1.54) is 96.3 Å². The van der Waals surface area contributed by atoms with Crippen molar-refractivity contribution in [1.29, 1.82) is 0 Å². The highest BCUT2D eigenvalue weighted by atomic mass is 31.2. The molecule has 0 bridgehead atoms. The molecule has 0 saturated carbocycles. The largest absolute Gasteiger partial charge is 0.756 e. The predicted octanol–water partition coefficient (Wildman–Crippen LogP) is 9.89. The molecular weight excluding hydrogens is 647 g/mol. The molecule has 292 valence electrons. The minimum Gasteiger partial charge on any atom is -0.756 e. The number of hydrogen-bond acceptors (Lipinski definition) is 6. The number of aliphatic hydroxyl groups excluding tert-OH is 1. The van der Waals surface area contributed by atoms with Crippen LogP contribution in [0.25, 0.3) is 0 Å². The van der Waals surface area contributed by atoms with Crippen LogP contribution in [0.3, 0.4) is 0 Å². The average Bonchev–Trinajstić information content (AvgIpc) is 3.06. The van der Waals surface area contributed by atoms with Gasteiger partial charge in [0.25, 0.3) is 7.82 Å². The van der Waals surface area contributed by atoms with Gasteiger partial charge < -0.3 is 28.8 Å². The number of carbonyl (C=O) groups excluding carboxylic acids is 1. The predicted molar refractivity (Wildman–Crippen MR) is 210 cm³/mol. The minimum atomic E-state index is -4.59. The SMILES string of the molecule is CCCCC/C=C\C=C/CCCCCCCCCCCCC(=O)NC(COP(=O)([O-])OCC[N+](C)(C)C)C(O)/C=C/CC/C=C/CCCCC. The van der Waals surface area contributed by atoms with Crippen LogP contribution < -0.4 is 10.2 Å². The Morgan fingerprint density at radius 2 is 1.18 bits per heavy atom. The van der Waals surface area contributed by atoms with Crippen molar-refractivity contribution >= 4 is 13.7 Å². The Morgan fingerprint density at radius 1 is 0.700 bits per heavy atom. The van der Waals surface area contributed by atoms with Crippen molar-refractivity contribution in [3.8, 4) is 0 Å². The monoisotopic (exact) mass is 725 g/mol. The summed E-state index contributed by atoms with van der Waals surface area (Å²) in [4.78, 5) is 25.1. The summed E-state index contributed by atoms with van der Waals surface area (Å²) in [6.45, 7) is 4.51. The molecule has 0 aromatic rings. The van der Waals surface area contributed by atoms with Crippen molar-refractivity contribution in [2.45, 2.75) is 167 Å². The third-order valence-corrected chi connectivity index (χ3v) is 9.50. The van der Waals surface area contributed by atoms with Crippen LogP contribution in [0.1, 0.15) is 155 Å². The third kappa shape index (κ3) is 34.9. The van der Waals surface area contributed by atoms with Gasteiger partial charge in [0, 0.05) is 6.42 Å². The lowest BCUT2D eigenvalue weighted by Crippen LogP contribution is -2.45. The zero-order valence-electron chi connectivity index (χ0n) is 32.8. The van der Waals surface area contributed by atoms with Gasteiger partial charge in [-0.3, -0.25) is 9.36 Å². The zero-order valence-corrected chi connectivity index (χ0v) is 33.7. The van der Waals surface area contributed by atoms with Gasteiger partial charge in [0.1, 0.15) is 13.2 Å². The molecule has 2 N–H and O–H groups in total. The van der Waals surface area contributed by atoms with Crippen LogP contribution in [0, 0.1) is 0 Å². The van der Waals surface area contributed by atoms with E-state index in [0.29, 0.717) is 17.4 Å². The van der Waals surface area contributed by atoms with Crippen LogP contribution in [0.4, 0.5) is 0 Å². The summed E-state index contributed by atoms with van der Waals surface area (Å²) < 4.78 is 23.0. The van der Waals surface area contributed by atoms with Crippen molar-refractivity contribution in [3.05, 3.63) is 48.6 Å². The number of unbranched alkanes of at least 4 members (excludes halogenated alkanes) is 17. The number of rotatable bonds is 35. The molecule has 0 rings (SSSR count). The van der Waals surface area contributed by atoms with Gasteiger partial charge in [-0.15, -0.1) is 0 Å². The second-order valence-corrected chi connectivity index (χ2v) is 16.1. The number of allylic oxidation sites excluding steroid dienone is 7. The number of amides is 1. The van der Waals surface area contributed by atoms with E-state index in [1.54, 1.807) is 6.08 Å². The van der Waals surface area contributed by atoms with Crippen LogP contribution in [0.15, 0.2) is 48.6 Å². The molecule has 0 aliphatic carbocycles. The lowest BCUT2D eigenvalue weighted by molar-refractivity contribution is -0.870. The van der Waals surface area contributed by atoms with Gasteiger partial charge in [0.2, 0.25) is 5.91 Å². The Balaban J connectivity index is 4.40. The van der Waals surface area contributed by atoms with E-state index in [9.17, 15) is 19.4 Å². The first-order valence-electron chi connectivity index (χ1n) is 20.0. The van der Waals surface area contributed by atoms with E-state index in [1.807, 2.05) is 27.2 Å². The van der Waals surface area contributed by atoms with Crippen LogP contribution in [-0.4, -0.2) is 68.5 Å². The summed E-state index contributed by atoms with van der Waals surface area (Å²) in [5.74, 6) is -0.217. The third-order valence-electron chi connectivity index (χ3n) is 8.54. The maximum absolute atomic E-state index is 12.8. The number of quaternary nitrogens is 1. The fourth-order valence-corrected chi connectivity index (χ4v) is 6.00. The van der Waals surface area contributed by atoms with E-state index >= 15 is 0 Å². The molecule has 0 aromatic carbocycles. The van der Waals surface area contributed by atoms with Gasteiger partial charge in [-0.2, -0.15) is 0 Å². The molecule has 0 saturated heterocycles. The molecule has 3 unspecified atom stereocenters. The van der Waals surface area contributed by atoms with E-state index in [0.717, 1.165) is 38.5 Å². The maximum Gasteiger partial charge on any atom is 0.268 e. The van der Waals surface area contributed by atoms with Gasteiger partial charge >= 0.3 is 0 Å². The summed E-state index contributed by atoms with van der Waals surface area (Å²) in [5, 5.41) is 13.6.